The molecule has 0 saturated carbocycles. The molecule has 1 aliphatic heterocycles. The van der Waals surface area contributed by atoms with Gasteiger partial charge in [0.2, 0.25) is 6.41 Å². The van der Waals surface area contributed by atoms with E-state index in [2.05, 4.69) is 9.88 Å². The fraction of sp³-hybridized carbons (Fsp3) is 0.278. The van der Waals surface area contributed by atoms with Crippen molar-refractivity contribution in [2.45, 2.75) is 0 Å². The van der Waals surface area contributed by atoms with E-state index in [4.69, 9.17) is 0 Å². The molecule has 124 valence electrons. The smallest absolute Gasteiger partial charge is 0.276 e. The lowest BCUT2D eigenvalue weighted by molar-refractivity contribution is -0.118. The maximum atomic E-state index is 12.7. The molecule has 2 heterocycles. The van der Waals surface area contributed by atoms with Gasteiger partial charge in [-0.15, -0.1) is 0 Å². The van der Waals surface area contributed by atoms with Crippen LogP contribution in [0.3, 0.4) is 0 Å². The van der Waals surface area contributed by atoms with E-state index in [1.165, 1.54) is 0 Å². The zero-order chi connectivity index (χ0) is 16.9. The first kappa shape index (κ1) is 16.0. The molecule has 0 spiro atoms. The number of amides is 2. The second kappa shape index (κ2) is 7.12. The summed E-state index contributed by atoms with van der Waals surface area (Å²) in [7, 11) is 1.74. The van der Waals surface area contributed by atoms with Crippen molar-refractivity contribution in [1.82, 2.24) is 9.88 Å². The number of nitrogens with zero attached hydrogens (tertiary/aromatic N) is 4. The summed E-state index contributed by atoms with van der Waals surface area (Å²) in [5.41, 5.74) is 2.20. The number of pyridine rings is 1. The van der Waals surface area contributed by atoms with Crippen LogP contribution in [0.2, 0.25) is 0 Å². The zero-order valence-electron chi connectivity index (χ0n) is 13.6. The van der Waals surface area contributed by atoms with Gasteiger partial charge >= 0.3 is 0 Å². The predicted molar refractivity (Wildman–Crippen MR) is 93.3 cm³/mol. The summed E-state index contributed by atoms with van der Waals surface area (Å²) in [6.07, 6.45) is 2.54. The van der Waals surface area contributed by atoms with Gasteiger partial charge in [-0.05, 0) is 24.3 Å². The van der Waals surface area contributed by atoms with Crippen molar-refractivity contribution in [2.75, 3.05) is 43.0 Å². The fourth-order valence-corrected chi connectivity index (χ4v) is 2.76. The van der Waals surface area contributed by atoms with E-state index in [0.717, 1.165) is 30.9 Å². The Morgan fingerprint density at radius 3 is 2.50 bits per heavy atom. The maximum Gasteiger partial charge on any atom is 0.276 e. The first-order valence-electron chi connectivity index (χ1n) is 7.92. The number of carbonyl (C=O) groups is 2. The molecule has 1 aromatic heterocycles. The molecule has 0 unspecified atom stereocenters. The molecule has 6 heteroatoms. The second-order valence-corrected chi connectivity index (χ2v) is 5.73. The van der Waals surface area contributed by atoms with Gasteiger partial charge < -0.3 is 14.7 Å². The minimum Gasteiger partial charge on any atom is -0.368 e. The van der Waals surface area contributed by atoms with Crippen LogP contribution in [0.15, 0.2) is 48.7 Å². The number of benzene rings is 1. The van der Waals surface area contributed by atoms with Gasteiger partial charge in [0.05, 0.1) is 0 Å². The molecule has 0 bridgehead atoms. The van der Waals surface area contributed by atoms with Gasteiger partial charge in [0.1, 0.15) is 5.69 Å². The molecule has 1 aliphatic rings. The highest BCUT2D eigenvalue weighted by Crippen LogP contribution is 2.19. The molecule has 1 aromatic carbocycles. The molecular weight excluding hydrogens is 304 g/mol. The largest absolute Gasteiger partial charge is 0.368 e. The second-order valence-electron chi connectivity index (χ2n) is 5.73. The number of anilines is 2. The lowest BCUT2D eigenvalue weighted by Crippen LogP contribution is -2.45. The highest BCUT2D eigenvalue weighted by atomic mass is 16.2. The number of para-hydroxylation sites is 1. The van der Waals surface area contributed by atoms with Crippen LogP contribution in [-0.2, 0) is 4.79 Å². The van der Waals surface area contributed by atoms with E-state index in [1.807, 2.05) is 42.5 Å². The molecule has 6 nitrogen and oxygen atoms in total. The number of hydrogen-bond donors (Lipinski definition) is 0. The predicted octanol–water partition coefficient (Wildman–Crippen LogP) is 1.64. The van der Waals surface area contributed by atoms with Crippen LogP contribution in [-0.4, -0.2) is 55.4 Å². The van der Waals surface area contributed by atoms with Crippen LogP contribution < -0.4 is 9.80 Å². The number of hydrogen-bond acceptors (Lipinski definition) is 4. The van der Waals surface area contributed by atoms with Crippen LogP contribution in [0.1, 0.15) is 10.5 Å². The van der Waals surface area contributed by atoms with Crippen LogP contribution in [0.5, 0.6) is 0 Å². The fourth-order valence-electron chi connectivity index (χ4n) is 2.76. The summed E-state index contributed by atoms with van der Waals surface area (Å²) in [6, 6.07) is 13.2. The highest BCUT2D eigenvalue weighted by molar-refractivity contribution is 6.04. The van der Waals surface area contributed by atoms with Crippen molar-refractivity contribution in [2.24, 2.45) is 0 Å². The van der Waals surface area contributed by atoms with Crippen molar-refractivity contribution < 1.29 is 9.59 Å². The third-order valence-corrected chi connectivity index (χ3v) is 4.24. The number of rotatable bonds is 4. The van der Waals surface area contributed by atoms with Crippen molar-refractivity contribution >= 4 is 23.7 Å². The van der Waals surface area contributed by atoms with E-state index < -0.39 is 0 Å². The number of carbonyl (C=O) groups excluding carboxylic acids is 2. The molecular formula is C18H20N4O2. The Morgan fingerprint density at radius 2 is 1.83 bits per heavy atom. The van der Waals surface area contributed by atoms with Gasteiger partial charge in [-0.2, -0.15) is 0 Å². The van der Waals surface area contributed by atoms with E-state index in [9.17, 15) is 9.59 Å². The Balaban J connectivity index is 1.75. The molecule has 2 amide bonds. The van der Waals surface area contributed by atoms with E-state index in [0.29, 0.717) is 18.8 Å². The first-order chi connectivity index (χ1) is 11.7. The van der Waals surface area contributed by atoms with Crippen LogP contribution in [0.25, 0.3) is 0 Å². The lowest BCUT2D eigenvalue weighted by atomic mass is 10.2. The van der Waals surface area contributed by atoms with E-state index in [-0.39, 0.29) is 5.91 Å². The summed E-state index contributed by atoms with van der Waals surface area (Å²) >= 11 is 0. The zero-order valence-corrected chi connectivity index (χ0v) is 13.6. The van der Waals surface area contributed by atoms with Gasteiger partial charge in [0.15, 0.2) is 0 Å². The Hall–Kier alpha value is -2.89. The third kappa shape index (κ3) is 3.37. The van der Waals surface area contributed by atoms with Crippen molar-refractivity contribution in [1.29, 1.82) is 0 Å². The summed E-state index contributed by atoms with van der Waals surface area (Å²) < 4.78 is 0. The Bertz CT molecular complexity index is 712. The van der Waals surface area contributed by atoms with Gasteiger partial charge in [0.25, 0.3) is 5.91 Å². The minimum atomic E-state index is -0.144. The highest BCUT2D eigenvalue weighted by Gasteiger charge is 2.19. The van der Waals surface area contributed by atoms with E-state index >= 15 is 0 Å². The van der Waals surface area contributed by atoms with Crippen molar-refractivity contribution in [3.63, 3.8) is 0 Å². The van der Waals surface area contributed by atoms with Crippen LogP contribution in [0, 0.1) is 0 Å². The van der Waals surface area contributed by atoms with Gasteiger partial charge in [-0.3, -0.25) is 14.6 Å². The summed E-state index contributed by atoms with van der Waals surface area (Å²) in [5.74, 6) is -0.144. The molecule has 1 saturated heterocycles. The van der Waals surface area contributed by atoms with Gasteiger partial charge in [-0.1, -0.05) is 18.2 Å². The average molecular weight is 324 g/mol. The molecule has 1 fully saturated rings. The Morgan fingerprint density at radius 1 is 1.12 bits per heavy atom. The van der Waals surface area contributed by atoms with Crippen molar-refractivity contribution in [3.8, 4) is 0 Å². The molecule has 3 rings (SSSR count). The molecule has 0 aliphatic carbocycles. The number of piperazine rings is 1. The van der Waals surface area contributed by atoms with E-state index in [1.54, 1.807) is 23.0 Å². The molecule has 24 heavy (non-hydrogen) atoms. The van der Waals surface area contributed by atoms with Crippen molar-refractivity contribution in [3.05, 3.63) is 54.4 Å². The monoisotopic (exact) mass is 324 g/mol. The van der Waals surface area contributed by atoms with Gasteiger partial charge in [0, 0.05) is 50.8 Å². The lowest BCUT2D eigenvalue weighted by Gasteiger charge is -2.34. The van der Waals surface area contributed by atoms with Crippen LogP contribution in [0.4, 0.5) is 11.4 Å². The molecule has 0 atom stereocenters. The van der Waals surface area contributed by atoms with Gasteiger partial charge in [-0.25, -0.2) is 0 Å². The summed E-state index contributed by atoms with van der Waals surface area (Å²) in [5, 5.41) is 0. The summed E-state index contributed by atoms with van der Waals surface area (Å²) in [6.45, 7) is 2.90. The Kier molecular flexibility index (Phi) is 4.74. The number of aromatic nitrogens is 1. The summed E-state index contributed by atoms with van der Waals surface area (Å²) in [4.78, 5) is 33.2. The SMILES string of the molecule is CN(C(=O)c1cc(N2CCN(C=O)CC2)ccn1)c1ccccc1. The Labute approximate surface area is 141 Å². The molecule has 0 radical (unpaired) electrons. The normalized spacial score (nSPS) is 14.4. The van der Waals surface area contributed by atoms with Crippen LogP contribution >= 0.6 is 0 Å². The third-order valence-electron chi connectivity index (χ3n) is 4.24. The molecule has 2 aromatic rings. The standard InChI is InChI=1S/C18H20N4O2/c1-20(15-5-3-2-4-6-15)18(24)17-13-16(7-8-19-17)22-11-9-21(14-23)10-12-22/h2-8,13-14H,9-12H2,1H3. The topological polar surface area (TPSA) is 56.8 Å². The average Bonchev–Trinajstić information content (AvgIpc) is 2.67. The first-order valence-corrected chi connectivity index (χ1v) is 7.92. The minimum absolute atomic E-state index is 0.144. The molecule has 0 N–H and O–H groups in total. The quantitative estimate of drug-likeness (QED) is 0.802. The maximum absolute atomic E-state index is 12.7.